The zero-order valence-corrected chi connectivity index (χ0v) is 22.8. The minimum atomic E-state index is -2.30. The minimum Gasteiger partial charge on any atom is -0.278 e. The van der Waals surface area contributed by atoms with Gasteiger partial charge in [-0.2, -0.15) is 5.26 Å². The molecule has 0 fully saturated rings. The number of nitriles is 1. The summed E-state index contributed by atoms with van der Waals surface area (Å²) >= 11 is 0. The van der Waals surface area contributed by atoms with Gasteiger partial charge in [0.2, 0.25) is 5.78 Å². The monoisotopic (exact) mass is 552 g/mol. The van der Waals surface area contributed by atoms with Gasteiger partial charge in [0.1, 0.15) is 11.8 Å². The first-order valence-electron chi connectivity index (χ1n) is 15.6. The van der Waals surface area contributed by atoms with Crippen molar-refractivity contribution >= 4 is 27.8 Å². The zero-order valence-electron chi connectivity index (χ0n) is 25.8. The van der Waals surface area contributed by atoms with E-state index in [1.54, 1.807) is 18.2 Å². The number of aromatic nitrogens is 4. The van der Waals surface area contributed by atoms with Gasteiger partial charge in [-0.25, -0.2) is 9.97 Å². The molecule has 3 heterocycles. The molecule has 5 aromatic carbocycles. The Labute approximate surface area is 251 Å². The maximum atomic E-state index is 9.74. The van der Waals surface area contributed by atoms with Gasteiger partial charge in [0.25, 0.3) is 0 Å². The van der Waals surface area contributed by atoms with Crippen LogP contribution in [0.1, 0.15) is 15.4 Å². The maximum Gasteiger partial charge on any atom is 0.220 e. The summed E-state index contributed by atoms with van der Waals surface area (Å²) in [7, 11) is 0. The van der Waals surface area contributed by atoms with Crippen molar-refractivity contribution in [1.82, 2.24) is 18.9 Å². The highest BCUT2D eigenvalue weighted by atomic mass is 15.2. The number of imidazole rings is 2. The molecule has 43 heavy (non-hydrogen) atoms. The summed E-state index contributed by atoms with van der Waals surface area (Å²) in [6.45, 7) is -2.30. The Balaban J connectivity index is 1.39. The van der Waals surface area contributed by atoms with Crippen LogP contribution in [0.3, 0.4) is 0 Å². The van der Waals surface area contributed by atoms with Crippen LogP contribution in [0.15, 0.2) is 121 Å². The highest BCUT2D eigenvalue weighted by molar-refractivity contribution is 6.03. The van der Waals surface area contributed by atoms with Crippen LogP contribution in [0.4, 0.5) is 0 Å². The van der Waals surface area contributed by atoms with E-state index in [2.05, 4.69) is 65.2 Å². The number of hydrogen-bond acceptors (Lipinski definition) is 3. The van der Waals surface area contributed by atoms with Crippen molar-refractivity contribution in [2.24, 2.45) is 0 Å². The Morgan fingerprint density at radius 3 is 2.05 bits per heavy atom. The average Bonchev–Trinajstić information content (AvgIpc) is 3.61. The van der Waals surface area contributed by atoms with E-state index in [4.69, 9.17) is 14.1 Å². The lowest BCUT2D eigenvalue weighted by Gasteiger charge is -2.23. The van der Waals surface area contributed by atoms with E-state index in [1.807, 2.05) is 52.9 Å². The van der Waals surface area contributed by atoms with Gasteiger partial charge in [-0.1, -0.05) is 78.9 Å². The smallest absolute Gasteiger partial charge is 0.220 e. The first kappa shape index (κ1) is 20.8. The van der Waals surface area contributed by atoms with Crippen LogP contribution in [-0.4, -0.2) is 18.9 Å². The number of pyridine rings is 1. The molecule has 0 unspecified atom stereocenters. The fourth-order valence-electron chi connectivity index (χ4n) is 6.63. The summed E-state index contributed by atoms with van der Waals surface area (Å²) < 4.78 is 28.6. The number of rotatable bonds is 1. The lowest BCUT2D eigenvalue weighted by molar-refractivity contribution is 1.11. The van der Waals surface area contributed by atoms with Gasteiger partial charge in [-0.15, -0.1) is 0 Å². The van der Waals surface area contributed by atoms with Crippen LogP contribution in [0, 0.1) is 18.2 Å². The number of hydrogen-bond donors (Lipinski definition) is 0. The third-order valence-corrected chi connectivity index (χ3v) is 8.48. The predicted octanol–water partition coefficient (Wildman–Crippen LogP) is 8.99. The summed E-state index contributed by atoms with van der Waals surface area (Å²) in [6, 6.07) is 42.4. The Morgan fingerprint density at radius 1 is 0.605 bits per heavy atom. The number of nitrogens with zero attached hydrogens (tertiary/aromatic N) is 5. The molecular weight excluding hydrogens is 526 g/mol. The van der Waals surface area contributed by atoms with Gasteiger partial charge in [0.15, 0.2) is 0 Å². The number of para-hydroxylation sites is 3. The van der Waals surface area contributed by atoms with E-state index in [0.717, 1.165) is 66.9 Å². The molecule has 0 saturated carbocycles. The Kier molecular flexibility index (Phi) is 4.24. The van der Waals surface area contributed by atoms with Crippen molar-refractivity contribution < 1.29 is 4.11 Å². The van der Waals surface area contributed by atoms with Crippen molar-refractivity contribution in [3.63, 3.8) is 0 Å². The van der Waals surface area contributed by atoms with Crippen LogP contribution in [0.2, 0.25) is 0 Å². The summed E-state index contributed by atoms with van der Waals surface area (Å²) in [5.41, 5.74) is 12.5. The molecule has 1 aliphatic rings. The largest absolute Gasteiger partial charge is 0.278 e. The van der Waals surface area contributed by atoms with Crippen LogP contribution in [0.5, 0.6) is 0 Å². The SMILES string of the molecule is [2H]C([2H])([2H])c1cccc2c1nc1n(-c3ccc4c(c3)-c3ccccc3-c3ccccc3-c3nc(C#N)ccc3-4)c3ccccc3n21. The van der Waals surface area contributed by atoms with Gasteiger partial charge >= 0.3 is 0 Å². The van der Waals surface area contributed by atoms with Crippen molar-refractivity contribution in [2.45, 2.75) is 6.85 Å². The summed E-state index contributed by atoms with van der Waals surface area (Å²) in [5, 5.41) is 9.74. The molecule has 200 valence electrons. The lowest BCUT2D eigenvalue weighted by atomic mass is 9.82. The molecule has 0 N–H and O–H groups in total. The molecule has 5 nitrogen and oxygen atoms in total. The molecule has 0 bridgehead atoms. The van der Waals surface area contributed by atoms with Crippen LogP contribution in [0.25, 0.3) is 78.2 Å². The van der Waals surface area contributed by atoms with E-state index in [0.29, 0.717) is 17.0 Å². The van der Waals surface area contributed by atoms with Crippen molar-refractivity contribution in [3.05, 3.63) is 133 Å². The molecule has 9 rings (SSSR count). The number of aryl methyl sites for hydroxylation is 1. The maximum absolute atomic E-state index is 9.74. The highest BCUT2D eigenvalue weighted by Gasteiger charge is 2.25. The normalized spacial score (nSPS) is 13.1. The first-order valence-corrected chi connectivity index (χ1v) is 14.1. The summed E-state index contributed by atoms with van der Waals surface area (Å²) in [5.74, 6) is 0.637. The Hall–Kier alpha value is -5.99. The van der Waals surface area contributed by atoms with Gasteiger partial charge in [0, 0.05) is 20.9 Å². The quantitative estimate of drug-likeness (QED) is 0.204. The third kappa shape index (κ3) is 3.26. The van der Waals surface area contributed by atoms with Gasteiger partial charge < -0.3 is 0 Å². The fourth-order valence-corrected chi connectivity index (χ4v) is 6.63. The molecule has 1 aliphatic carbocycles. The second kappa shape index (κ2) is 8.75. The second-order valence-corrected chi connectivity index (χ2v) is 10.8. The van der Waals surface area contributed by atoms with Gasteiger partial charge in [-0.3, -0.25) is 8.97 Å². The molecule has 0 atom stereocenters. The molecule has 8 aromatic rings. The van der Waals surface area contributed by atoms with Crippen molar-refractivity contribution in [3.8, 4) is 56.4 Å². The second-order valence-electron chi connectivity index (χ2n) is 10.8. The third-order valence-electron chi connectivity index (χ3n) is 8.48. The molecule has 5 heteroatoms. The average molecular weight is 553 g/mol. The standard InChI is InChI=1S/C38H23N5/c1-23-9-8-16-35-36(23)41-38-42(33-14-6-7-15-34(33)43(35)38)25-18-20-29-31-19-17-24(22-39)40-37(31)30-13-5-4-11-27(30)26-10-2-3-12-28(26)32(29)21-25/h2-21H,1H3/i1D3. The molecule has 0 amide bonds. The molecule has 3 aromatic heterocycles. The van der Waals surface area contributed by atoms with Crippen LogP contribution in [-0.2, 0) is 0 Å². The molecule has 0 radical (unpaired) electrons. The van der Waals surface area contributed by atoms with Crippen LogP contribution < -0.4 is 0 Å². The Bertz CT molecular complexity index is 2600. The first-order chi connectivity index (χ1) is 22.4. The van der Waals surface area contributed by atoms with Crippen LogP contribution >= 0.6 is 0 Å². The fraction of sp³-hybridized carbons (Fsp3) is 0.0263. The van der Waals surface area contributed by atoms with E-state index >= 15 is 0 Å². The van der Waals surface area contributed by atoms with Crippen molar-refractivity contribution in [2.75, 3.05) is 0 Å². The number of fused-ring (bicyclic) bond motifs is 13. The minimum absolute atomic E-state index is 0.232. The topological polar surface area (TPSA) is 58.9 Å². The van der Waals surface area contributed by atoms with Gasteiger partial charge in [-0.05, 0) is 82.7 Å². The molecular formula is C38H23N5. The highest BCUT2D eigenvalue weighted by Crippen LogP contribution is 2.47. The molecule has 0 aliphatic heterocycles. The Morgan fingerprint density at radius 2 is 1.26 bits per heavy atom. The van der Waals surface area contributed by atoms with Gasteiger partial charge in [0.05, 0.1) is 27.8 Å². The zero-order chi connectivity index (χ0) is 31.2. The summed E-state index contributed by atoms with van der Waals surface area (Å²) in [4.78, 5) is 9.82. The lowest BCUT2D eigenvalue weighted by Crippen LogP contribution is -2.02. The van der Waals surface area contributed by atoms with Crippen molar-refractivity contribution in [1.29, 1.82) is 5.26 Å². The van der Waals surface area contributed by atoms with E-state index in [9.17, 15) is 5.26 Å². The summed E-state index contributed by atoms with van der Waals surface area (Å²) in [6.07, 6.45) is 0. The molecule has 0 spiro atoms. The van der Waals surface area contributed by atoms with E-state index in [1.165, 1.54) is 0 Å². The van der Waals surface area contributed by atoms with E-state index in [-0.39, 0.29) is 5.56 Å². The predicted molar refractivity (Wildman–Crippen MR) is 172 cm³/mol. The number of benzene rings is 5. The molecule has 0 saturated heterocycles. The van der Waals surface area contributed by atoms with E-state index < -0.39 is 6.85 Å².